The van der Waals surface area contributed by atoms with Gasteiger partial charge in [-0.1, -0.05) is 42.5 Å². The number of nitrogens with two attached hydrogens (primary N) is 1. The minimum absolute atomic E-state index is 0.0238. The maximum absolute atomic E-state index is 14.4. The Morgan fingerprint density at radius 1 is 0.867 bits per heavy atom. The van der Waals surface area contributed by atoms with Crippen LogP contribution in [0, 0.1) is 5.92 Å². The first-order valence-electron chi connectivity index (χ1n) is 25.8. The molecular formula is C58H70N6O10S. The molecule has 0 saturated carbocycles. The first-order valence-corrected chi connectivity index (χ1v) is 26.8. The van der Waals surface area contributed by atoms with Crippen molar-refractivity contribution in [2.24, 2.45) is 16.6 Å². The third-order valence-electron chi connectivity index (χ3n) is 14.6. The van der Waals surface area contributed by atoms with Gasteiger partial charge in [-0.25, -0.2) is 0 Å². The maximum atomic E-state index is 14.4. The van der Waals surface area contributed by atoms with E-state index >= 15 is 0 Å². The number of carbonyl (C=O) groups excluding carboxylic acids is 3. The summed E-state index contributed by atoms with van der Waals surface area (Å²) in [7, 11) is 4.80. The second-order valence-electron chi connectivity index (χ2n) is 20.3. The molecule has 0 aromatic heterocycles. The monoisotopic (exact) mass is 1040 g/mol. The van der Waals surface area contributed by atoms with Crippen molar-refractivity contribution in [1.29, 1.82) is 0 Å². The van der Waals surface area contributed by atoms with E-state index in [-0.39, 0.29) is 53.7 Å². The molecule has 1 saturated heterocycles. The van der Waals surface area contributed by atoms with Gasteiger partial charge in [-0.05, 0) is 98.9 Å². The fourth-order valence-corrected chi connectivity index (χ4v) is 11.9. The van der Waals surface area contributed by atoms with Crippen molar-refractivity contribution in [3.63, 3.8) is 0 Å². The van der Waals surface area contributed by atoms with Gasteiger partial charge in [0.05, 0.1) is 87.4 Å². The van der Waals surface area contributed by atoms with Crippen molar-refractivity contribution >= 4 is 58.4 Å². The van der Waals surface area contributed by atoms with Gasteiger partial charge in [-0.15, -0.1) is 0 Å². The number of anilines is 3. The number of rotatable bonds is 25. The highest BCUT2D eigenvalue weighted by Crippen LogP contribution is 2.47. The van der Waals surface area contributed by atoms with Gasteiger partial charge >= 0.3 is 0 Å². The number of allylic oxidation sites excluding steroid dienone is 2. The van der Waals surface area contributed by atoms with E-state index < -0.39 is 5.54 Å². The number of ether oxygens (including phenoxy) is 7. The van der Waals surface area contributed by atoms with Crippen molar-refractivity contribution in [3.05, 3.63) is 119 Å². The molecule has 0 bridgehead atoms. The summed E-state index contributed by atoms with van der Waals surface area (Å²) in [5, 5.41) is 3.54. The summed E-state index contributed by atoms with van der Waals surface area (Å²) in [5.74, 6) is 2.26. The third-order valence-corrected chi connectivity index (χ3v) is 16.0. The predicted molar refractivity (Wildman–Crippen MR) is 294 cm³/mol. The summed E-state index contributed by atoms with van der Waals surface area (Å²) in [6.45, 7) is 10.9. The van der Waals surface area contributed by atoms with Crippen LogP contribution < -0.4 is 39.8 Å². The number of hydrogen-bond donors (Lipinski definition) is 2. The summed E-state index contributed by atoms with van der Waals surface area (Å²) in [6.07, 6.45) is 12.8. The van der Waals surface area contributed by atoms with E-state index in [4.69, 9.17) is 43.9 Å². The number of nitrogens with zero attached hydrogens (tertiary/aromatic N) is 4. The largest absolute Gasteiger partial charge is 0.493 e. The molecule has 4 atom stereocenters. The Balaban J connectivity index is 1.01. The first-order chi connectivity index (χ1) is 36.3. The van der Waals surface area contributed by atoms with Crippen molar-refractivity contribution < 1.29 is 47.5 Å². The summed E-state index contributed by atoms with van der Waals surface area (Å²) >= 11 is 1.79. The quantitative estimate of drug-likeness (QED) is 0.0605. The molecule has 17 heteroatoms. The lowest BCUT2D eigenvalue weighted by Gasteiger charge is -2.38. The zero-order chi connectivity index (χ0) is 52.7. The Labute approximate surface area is 444 Å². The van der Waals surface area contributed by atoms with Crippen LogP contribution in [0.1, 0.15) is 77.4 Å². The lowest BCUT2D eigenvalue weighted by Crippen LogP contribution is -2.50. The van der Waals surface area contributed by atoms with Crippen LogP contribution in [0.15, 0.2) is 96.0 Å². The Hall–Kier alpha value is -6.53. The number of primary amides is 1. The predicted octanol–water partition coefficient (Wildman–Crippen LogP) is 8.55. The van der Waals surface area contributed by atoms with Crippen molar-refractivity contribution in [3.8, 4) is 23.0 Å². The molecule has 0 radical (unpaired) electrons. The summed E-state index contributed by atoms with van der Waals surface area (Å²) in [5.41, 5.74) is 11.9. The van der Waals surface area contributed by atoms with Gasteiger partial charge in [0.1, 0.15) is 13.2 Å². The van der Waals surface area contributed by atoms with E-state index in [0.29, 0.717) is 111 Å². The van der Waals surface area contributed by atoms with Gasteiger partial charge in [-0.3, -0.25) is 19.4 Å². The van der Waals surface area contributed by atoms with Crippen LogP contribution >= 0.6 is 11.8 Å². The molecule has 1 aliphatic carbocycles. The standard InChI is InChI=1S/C58H70N6O10S/c1-57(2,75-23-11-15-54(59)65)37-62(17-18-71-21-22-72-20-19-68-4)42-25-38(35-73-52-31-47-45(29-50(52)69-5)55(66)63-43(33-60-47)27-40-12-7-8-14-49(40)63)24-39(26-42)36-74-53-32-48-46(30-51(53)70-6)56(67)64-44(34-61-48)28-41-13-9-10-16-58(41,64)3/h7-10,12-14,16,24-26,29-32,34,41,43-44,60H,11,15,17-23,27-28,33,35-37H2,1-6H3,(H2,59,65)/t41?,43-,44+,58?/m0/s1. The number of methoxy groups -OCH3 is 3. The number of fused-ring (bicyclic) bond motifs is 8. The smallest absolute Gasteiger partial charge is 0.260 e. The third kappa shape index (κ3) is 12.0. The van der Waals surface area contributed by atoms with Gasteiger partial charge in [0, 0.05) is 73.6 Å². The molecule has 16 nitrogen and oxygen atoms in total. The molecule has 4 heterocycles. The minimum atomic E-state index is -0.471. The topological polar surface area (TPSA) is 176 Å². The molecular weight excluding hydrogens is 973 g/mol. The minimum Gasteiger partial charge on any atom is -0.493 e. The van der Waals surface area contributed by atoms with Gasteiger partial charge in [0.25, 0.3) is 11.8 Å². The normalized spacial score (nSPS) is 20.0. The zero-order valence-electron chi connectivity index (χ0n) is 43.9. The van der Waals surface area contributed by atoms with E-state index in [0.717, 1.165) is 46.7 Å². The second-order valence-corrected chi connectivity index (χ2v) is 22.1. The zero-order valence-corrected chi connectivity index (χ0v) is 44.7. The molecule has 3 amide bonds. The Morgan fingerprint density at radius 3 is 2.31 bits per heavy atom. The molecule has 3 N–H and O–H groups in total. The molecule has 4 aromatic rings. The van der Waals surface area contributed by atoms with Crippen LogP contribution in [0.3, 0.4) is 0 Å². The van der Waals surface area contributed by atoms with Crippen molar-refractivity contribution in [2.75, 3.05) is 94.9 Å². The second kappa shape index (κ2) is 23.6. The SMILES string of the molecule is COCCOCCOCCN(CC(C)(C)SCCCC(N)=O)c1cc(COc2cc3c(cc2OC)C(=O)N2[C@@H](C=N3)CC3C=CC=CC32C)cc(COc2cc3c(cc2OC)C(=O)N2c4ccccc4C[C@H]2CN3)c1. The number of para-hydroxylation sites is 1. The van der Waals surface area contributed by atoms with Crippen LogP contribution in [0.5, 0.6) is 23.0 Å². The van der Waals surface area contributed by atoms with Crippen LogP contribution in [0.2, 0.25) is 0 Å². The number of amides is 3. The molecule has 4 aliphatic heterocycles. The van der Waals surface area contributed by atoms with Crippen molar-refractivity contribution in [1.82, 2.24) is 4.90 Å². The lowest BCUT2D eigenvalue weighted by molar-refractivity contribution is -0.118. The fourth-order valence-electron chi connectivity index (χ4n) is 10.8. The van der Waals surface area contributed by atoms with E-state index in [1.165, 1.54) is 0 Å². The number of benzene rings is 4. The average molecular weight is 1040 g/mol. The first kappa shape index (κ1) is 53.3. The summed E-state index contributed by atoms with van der Waals surface area (Å²) in [6, 6.07) is 21.3. The molecule has 75 heavy (non-hydrogen) atoms. The Morgan fingerprint density at radius 2 is 1.57 bits per heavy atom. The number of carbonyl (C=O) groups is 3. The number of thioether (sulfide) groups is 1. The van der Waals surface area contributed by atoms with Gasteiger partial charge < -0.3 is 58.9 Å². The van der Waals surface area contributed by atoms with Gasteiger partial charge in [0.2, 0.25) is 5.91 Å². The van der Waals surface area contributed by atoms with Gasteiger partial charge in [0.15, 0.2) is 23.0 Å². The highest BCUT2D eigenvalue weighted by molar-refractivity contribution is 8.00. The van der Waals surface area contributed by atoms with Crippen molar-refractivity contribution in [2.45, 2.75) is 82.0 Å². The van der Waals surface area contributed by atoms with Crippen LogP contribution in [-0.4, -0.2) is 131 Å². The molecule has 398 valence electrons. The Kier molecular flexibility index (Phi) is 16.7. The number of hydrogen-bond acceptors (Lipinski definition) is 14. The number of aliphatic imine (C=N–C) groups is 1. The molecule has 2 unspecified atom stereocenters. The molecule has 0 spiro atoms. The van der Waals surface area contributed by atoms with E-state index in [1.807, 2.05) is 46.4 Å². The highest BCUT2D eigenvalue weighted by atomic mass is 32.2. The average Bonchev–Trinajstić information content (AvgIpc) is 3.89. The molecule has 1 fully saturated rings. The van der Waals surface area contributed by atoms with Gasteiger partial charge in [-0.2, -0.15) is 11.8 Å². The number of nitrogens with one attached hydrogen (secondary N) is 1. The molecule has 4 aromatic carbocycles. The molecule has 9 rings (SSSR count). The van der Waals surface area contributed by atoms with E-state index in [9.17, 15) is 14.4 Å². The van der Waals surface area contributed by atoms with Crippen LogP contribution in [-0.2, 0) is 38.6 Å². The maximum Gasteiger partial charge on any atom is 0.260 e. The van der Waals surface area contributed by atoms with Crippen LogP contribution in [0.25, 0.3) is 0 Å². The van der Waals surface area contributed by atoms with E-state index in [1.54, 1.807) is 51.3 Å². The highest BCUT2D eigenvalue weighted by Gasteiger charge is 2.51. The summed E-state index contributed by atoms with van der Waals surface area (Å²) in [4.78, 5) is 51.3. The lowest BCUT2D eigenvalue weighted by atomic mass is 9.82. The van der Waals surface area contributed by atoms with E-state index in [2.05, 4.69) is 73.5 Å². The fraction of sp³-hybridized carbons (Fsp3) is 0.448. The summed E-state index contributed by atoms with van der Waals surface area (Å²) < 4.78 is 41.8. The Bertz CT molecular complexity index is 2840. The van der Waals surface area contributed by atoms with Crippen LogP contribution in [0.4, 0.5) is 22.7 Å². The molecule has 5 aliphatic rings.